The summed E-state index contributed by atoms with van der Waals surface area (Å²) in [5.74, 6) is -0.0655. The van der Waals surface area contributed by atoms with E-state index in [1.165, 1.54) is 17.4 Å². The fourth-order valence-electron chi connectivity index (χ4n) is 3.51. The Bertz CT molecular complexity index is 1010. The number of rotatable bonds is 4. The summed E-state index contributed by atoms with van der Waals surface area (Å²) in [6.45, 7) is 1.87. The van der Waals surface area contributed by atoms with Gasteiger partial charge in [0.25, 0.3) is 5.91 Å². The zero-order valence-electron chi connectivity index (χ0n) is 15.5. The second-order valence-corrected chi connectivity index (χ2v) is 6.85. The van der Waals surface area contributed by atoms with Gasteiger partial charge in [0.1, 0.15) is 0 Å². The lowest BCUT2D eigenvalue weighted by molar-refractivity contribution is 0.0996. The van der Waals surface area contributed by atoms with Gasteiger partial charge in [0.2, 0.25) is 0 Å². The number of nitrogens with one attached hydrogen (secondary N) is 3. The van der Waals surface area contributed by atoms with Crippen LogP contribution in [0.4, 0.5) is 16.2 Å². The van der Waals surface area contributed by atoms with Crippen molar-refractivity contribution in [2.75, 3.05) is 10.6 Å². The second-order valence-electron chi connectivity index (χ2n) is 6.85. The van der Waals surface area contributed by atoms with Crippen LogP contribution < -0.4 is 16.0 Å². The molecular formula is C22H21N3O3. The molecule has 0 saturated carbocycles. The third-order valence-electron chi connectivity index (χ3n) is 4.92. The molecule has 6 nitrogen and oxygen atoms in total. The average molecular weight is 375 g/mol. The molecule has 3 aromatic rings. The maximum Gasteiger partial charge on any atom is 0.319 e. The third kappa shape index (κ3) is 3.76. The highest BCUT2D eigenvalue weighted by atomic mass is 16.3. The Morgan fingerprint density at radius 1 is 1.04 bits per heavy atom. The first-order chi connectivity index (χ1) is 13.6. The van der Waals surface area contributed by atoms with Crippen LogP contribution >= 0.6 is 0 Å². The van der Waals surface area contributed by atoms with Crippen LogP contribution in [0.1, 0.15) is 39.7 Å². The van der Waals surface area contributed by atoms with Crippen molar-refractivity contribution in [1.29, 1.82) is 0 Å². The lowest BCUT2D eigenvalue weighted by Gasteiger charge is -2.16. The first-order valence-corrected chi connectivity index (χ1v) is 9.21. The van der Waals surface area contributed by atoms with Crippen molar-refractivity contribution >= 4 is 23.3 Å². The largest absolute Gasteiger partial charge is 0.459 e. The van der Waals surface area contributed by atoms with Crippen LogP contribution in [0, 0.1) is 6.92 Å². The number of benzene rings is 2. The predicted octanol–water partition coefficient (Wildman–Crippen LogP) is 4.65. The highest BCUT2D eigenvalue weighted by molar-refractivity contribution is 6.02. The van der Waals surface area contributed by atoms with E-state index in [1.54, 1.807) is 24.3 Å². The van der Waals surface area contributed by atoms with Gasteiger partial charge in [-0.3, -0.25) is 4.79 Å². The molecule has 3 amide bonds. The summed E-state index contributed by atoms with van der Waals surface area (Å²) >= 11 is 0. The lowest BCUT2D eigenvalue weighted by atomic mass is 10.1. The van der Waals surface area contributed by atoms with Crippen molar-refractivity contribution in [3.8, 4) is 0 Å². The minimum Gasteiger partial charge on any atom is -0.459 e. The molecule has 0 spiro atoms. The Hall–Kier alpha value is -3.54. The van der Waals surface area contributed by atoms with E-state index in [-0.39, 0.29) is 23.7 Å². The molecule has 0 radical (unpaired) electrons. The normalized spacial score (nSPS) is 15.0. The van der Waals surface area contributed by atoms with Crippen molar-refractivity contribution in [3.05, 3.63) is 83.3 Å². The Morgan fingerprint density at radius 3 is 2.68 bits per heavy atom. The second kappa shape index (κ2) is 7.60. The Labute approximate surface area is 162 Å². The summed E-state index contributed by atoms with van der Waals surface area (Å²) in [6, 6.07) is 16.6. The maximum atomic E-state index is 12.4. The molecule has 1 aliphatic carbocycles. The Kier molecular flexibility index (Phi) is 4.85. The summed E-state index contributed by atoms with van der Waals surface area (Å²) in [4.78, 5) is 24.5. The van der Waals surface area contributed by atoms with Crippen molar-refractivity contribution in [1.82, 2.24) is 5.32 Å². The van der Waals surface area contributed by atoms with Crippen LogP contribution in [0.5, 0.6) is 0 Å². The molecule has 0 fully saturated rings. The molecule has 28 heavy (non-hydrogen) atoms. The van der Waals surface area contributed by atoms with Crippen molar-refractivity contribution in [3.63, 3.8) is 0 Å². The van der Waals surface area contributed by atoms with Crippen LogP contribution in [0.15, 0.2) is 65.3 Å². The predicted molar refractivity (Wildman–Crippen MR) is 107 cm³/mol. The lowest BCUT2D eigenvalue weighted by Crippen LogP contribution is -2.31. The van der Waals surface area contributed by atoms with E-state index in [1.807, 2.05) is 25.1 Å². The van der Waals surface area contributed by atoms with Gasteiger partial charge in [-0.15, -0.1) is 0 Å². The monoisotopic (exact) mass is 375 g/mol. The van der Waals surface area contributed by atoms with E-state index in [0.717, 1.165) is 18.4 Å². The minimum atomic E-state index is -0.313. The number of amides is 3. The molecule has 1 aliphatic rings. The van der Waals surface area contributed by atoms with E-state index in [9.17, 15) is 9.59 Å². The van der Waals surface area contributed by atoms with Crippen molar-refractivity contribution in [2.45, 2.75) is 25.8 Å². The molecule has 1 aromatic heterocycles. The topological polar surface area (TPSA) is 83.4 Å². The molecule has 0 aliphatic heterocycles. The van der Waals surface area contributed by atoms with Crippen molar-refractivity contribution in [2.24, 2.45) is 0 Å². The van der Waals surface area contributed by atoms with Crippen LogP contribution in [0.3, 0.4) is 0 Å². The highest BCUT2D eigenvalue weighted by Crippen LogP contribution is 2.30. The summed E-state index contributed by atoms with van der Waals surface area (Å²) in [5, 5.41) is 8.71. The zero-order chi connectivity index (χ0) is 19.5. The smallest absolute Gasteiger partial charge is 0.319 e. The van der Waals surface area contributed by atoms with E-state index in [2.05, 4.69) is 28.1 Å². The molecule has 1 heterocycles. The van der Waals surface area contributed by atoms with Crippen LogP contribution in [-0.2, 0) is 6.42 Å². The van der Waals surface area contributed by atoms with Gasteiger partial charge in [-0.1, -0.05) is 24.3 Å². The van der Waals surface area contributed by atoms with Gasteiger partial charge in [-0.2, -0.15) is 0 Å². The van der Waals surface area contributed by atoms with Gasteiger partial charge < -0.3 is 20.4 Å². The van der Waals surface area contributed by atoms with Crippen LogP contribution in [-0.4, -0.2) is 11.9 Å². The summed E-state index contributed by atoms with van der Waals surface area (Å²) in [5.41, 5.74) is 4.64. The number of urea groups is 1. The molecule has 3 N–H and O–H groups in total. The van der Waals surface area contributed by atoms with Gasteiger partial charge in [-0.25, -0.2) is 4.79 Å². The summed E-state index contributed by atoms with van der Waals surface area (Å²) in [7, 11) is 0. The van der Waals surface area contributed by atoms with Crippen LogP contribution in [0.2, 0.25) is 0 Å². The number of furan rings is 1. The molecule has 142 valence electrons. The first-order valence-electron chi connectivity index (χ1n) is 9.21. The quantitative estimate of drug-likeness (QED) is 0.621. The third-order valence-corrected chi connectivity index (χ3v) is 4.92. The number of fused-ring (bicyclic) bond motifs is 1. The molecule has 4 rings (SSSR count). The standard InChI is InChI=1S/C22H21N3O3/c1-14-13-16(9-11-18(14)24-21(26)20-7-4-12-28-20)23-22(27)25-19-10-8-15-5-2-3-6-17(15)19/h2-7,9,11-13,19H,8,10H2,1H3,(H,24,26)(H2,23,25,27). The Balaban J connectivity index is 1.38. The van der Waals surface area contributed by atoms with Crippen molar-refractivity contribution < 1.29 is 14.0 Å². The first kappa shape index (κ1) is 17.9. The summed E-state index contributed by atoms with van der Waals surface area (Å²) < 4.78 is 5.09. The van der Waals surface area contributed by atoms with E-state index in [4.69, 9.17) is 4.42 Å². The van der Waals surface area contributed by atoms with Gasteiger partial charge in [-0.05, 0) is 66.8 Å². The molecule has 2 aromatic carbocycles. The molecule has 1 atom stereocenters. The maximum absolute atomic E-state index is 12.4. The van der Waals surface area contributed by atoms with E-state index < -0.39 is 0 Å². The van der Waals surface area contributed by atoms with E-state index >= 15 is 0 Å². The number of anilines is 2. The Morgan fingerprint density at radius 2 is 1.89 bits per heavy atom. The van der Waals surface area contributed by atoms with Gasteiger partial charge in [0.15, 0.2) is 5.76 Å². The zero-order valence-corrected chi connectivity index (χ0v) is 15.5. The number of carbonyl (C=O) groups is 2. The number of aryl methyl sites for hydroxylation is 2. The average Bonchev–Trinajstić information content (AvgIpc) is 3.35. The summed E-state index contributed by atoms with van der Waals surface area (Å²) in [6.07, 6.45) is 3.34. The number of carbonyl (C=O) groups excluding carboxylic acids is 2. The number of hydrogen-bond acceptors (Lipinski definition) is 3. The fraction of sp³-hybridized carbons (Fsp3) is 0.182. The molecule has 0 saturated heterocycles. The van der Waals surface area contributed by atoms with Gasteiger partial charge in [0.05, 0.1) is 12.3 Å². The SMILES string of the molecule is Cc1cc(NC(=O)NC2CCc3ccccc32)ccc1NC(=O)c1ccco1. The highest BCUT2D eigenvalue weighted by Gasteiger charge is 2.23. The van der Waals surface area contributed by atoms with Crippen LogP contribution in [0.25, 0.3) is 0 Å². The molecule has 6 heteroatoms. The fourth-order valence-corrected chi connectivity index (χ4v) is 3.51. The number of hydrogen-bond donors (Lipinski definition) is 3. The molecular weight excluding hydrogens is 354 g/mol. The molecule has 0 bridgehead atoms. The minimum absolute atomic E-state index is 0.0316. The van der Waals surface area contributed by atoms with Gasteiger partial charge in [0, 0.05) is 11.4 Å². The molecule has 1 unspecified atom stereocenters. The van der Waals surface area contributed by atoms with Gasteiger partial charge >= 0.3 is 6.03 Å². The van der Waals surface area contributed by atoms with E-state index in [0.29, 0.717) is 11.4 Å².